The number of amidine groups is 2. The topological polar surface area (TPSA) is 41.7 Å². The first kappa shape index (κ1) is 27.6. The van der Waals surface area contributed by atoms with E-state index in [0.717, 1.165) is 39.4 Å². The Balaban J connectivity index is 1.13. The van der Waals surface area contributed by atoms with E-state index in [1.54, 1.807) is 0 Å². The van der Waals surface area contributed by atoms with E-state index in [1.165, 1.54) is 48.7 Å². The molecule has 8 aromatic carbocycles. The first-order valence-corrected chi connectivity index (χ1v) is 16.7. The van der Waals surface area contributed by atoms with Gasteiger partial charge in [0.1, 0.15) is 11.7 Å². The molecular weight excluding hydrogens is 597 g/mol. The third-order valence-electron chi connectivity index (χ3n) is 9.78. The lowest BCUT2D eigenvalue weighted by molar-refractivity contribution is 0.757. The van der Waals surface area contributed by atoms with Crippen LogP contribution in [0.1, 0.15) is 22.9 Å². The molecule has 0 bridgehead atoms. The predicted molar refractivity (Wildman–Crippen MR) is 205 cm³/mol. The van der Waals surface area contributed by atoms with E-state index in [1.807, 2.05) is 36.4 Å². The molecular formula is C45H30N4. The van der Waals surface area contributed by atoms with Crippen LogP contribution in [0.4, 0.5) is 0 Å². The monoisotopic (exact) mass is 626 g/mol. The molecule has 4 heteroatoms. The molecule has 230 valence electrons. The Kier molecular flexibility index (Phi) is 6.21. The Morgan fingerprint density at radius 3 is 1.51 bits per heavy atom. The molecule has 0 saturated heterocycles. The summed E-state index contributed by atoms with van der Waals surface area (Å²) in [7, 11) is 0. The number of aliphatic imine (C=N–C) groups is 2. The number of nitrogens with one attached hydrogen (secondary N) is 1. The molecule has 10 rings (SSSR count). The number of benzene rings is 8. The van der Waals surface area contributed by atoms with Crippen LogP contribution < -0.4 is 5.32 Å². The molecule has 49 heavy (non-hydrogen) atoms. The van der Waals surface area contributed by atoms with Gasteiger partial charge in [-0.05, 0) is 68.2 Å². The molecule has 1 N–H and O–H groups in total. The normalized spacial score (nSPS) is 13.6. The number of hydrogen-bond donors (Lipinski definition) is 1. The minimum atomic E-state index is -0.366. The summed E-state index contributed by atoms with van der Waals surface area (Å²) in [5, 5.41) is 13.5. The Bertz CT molecular complexity index is 2640. The molecule has 0 radical (unpaired) electrons. The van der Waals surface area contributed by atoms with E-state index in [2.05, 4.69) is 143 Å². The fourth-order valence-corrected chi connectivity index (χ4v) is 7.46. The summed E-state index contributed by atoms with van der Waals surface area (Å²) in [5.41, 5.74) is 6.68. The molecule has 0 atom stereocenters. The van der Waals surface area contributed by atoms with Crippen molar-refractivity contribution in [2.75, 3.05) is 0 Å². The van der Waals surface area contributed by atoms with Crippen molar-refractivity contribution in [1.82, 2.24) is 9.88 Å². The maximum Gasteiger partial charge on any atom is 0.169 e. The Morgan fingerprint density at radius 1 is 0.429 bits per heavy atom. The largest absolute Gasteiger partial charge is 0.324 e. The first-order valence-electron chi connectivity index (χ1n) is 16.7. The summed E-state index contributed by atoms with van der Waals surface area (Å²) in [6.07, 6.45) is -0.366. The Hall–Kier alpha value is -6.52. The van der Waals surface area contributed by atoms with Gasteiger partial charge < -0.3 is 9.88 Å². The SMILES string of the molecule is c1ccc(C2=NC(c3ccc4cc(-n5c6ccc7ccccc7c6c6c7ccccc7ccc65)ccc4c3)N=C(c3ccccc3)N2)cc1. The lowest BCUT2D eigenvalue weighted by Gasteiger charge is -2.22. The molecule has 0 unspecified atom stereocenters. The van der Waals surface area contributed by atoms with Crippen molar-refractivity contribution in [1.29, 1.82) is 0 Å². The van der Waals surface area contributed by atoms with E-state index < -0.39 is 0 Å². The van der Waals surface area contributed by atoms with Crippen LogP contribution in [0.2, 0.25) is 0 Å². The van der Waals surface area contributed by atoms with E-state index >= 15 is 0 Å². The summed E-state index contributed by atoms with van der Waals surface area (Å²) in [6.45, 7) is 0. The molecule has 1 aliphatic rings. The number of rotatable bonds is 4. The zero-order valence-electron chi connectivity index (χ0n) is 26.6. The summed E-state index contributed by atoms with van der Waals surface area (Å²) < 4.78 is 2.43. The van der Waals surface area contributed by atoms with Gasteiger partial charge in [-0.3, -0.25) is 0 Å². The number of nitrogens with zero attached hydrogens (tertiary/aromatic N) is 3. The van der Waals surface area contributed by atoms with Crippen LogP contribution in [0.25, 0.3) is 59.8 Å². The fraction of sp³-hybridized carbons (Fsp3) is 0.0222. The maximum atomic E-state index is 5.09. The quantitative estimate of drug-likeness (QED) is 0.207. The van der Waals surface area contributed by atoms with Crippen LogP contribution in [0.15, 0.2) is 180 Å². The van der Waals surface area contributed by atoms with Gasteiger partial charge in [-0.1, -0.05) is 140 Å². The molecule has 0 amide bonds. The second kappa shape index (κ2) is 11.0. The van der Waals surface area contributed by atoms with E-state index in [0.29, 0.717) is 0 Å². The van der Waals surface area contributed by atoms with Crippen LogP contribution in [0.5, 0.6) is 0 Å². The minimum absolute atomic E-state index is 0.366. The highest BCUT2D eigenvalue weighted by atomic mass is 15.2. The first-order chi connectivity index (χ1) is 24.3. The summed E-state index contributed by atoms with van der Waals surface area (Å²) in [6, 6.07) is 60.5. The number of fused-ring (bicyclic) bond motifs is 8. The number of aromatic nitrogens is 1. The highest BCUT2D eigenvalue weighted by Crippen LogP contribution is 2.41. The van der Waals surface area contributed by atoms with Gasteiger partial charge in [0.2, 0.25) is 0 Å². The standard InChI is InChI=1S/C45H30N4/c1-3-13-31(14-4-1)43-46-44(32-15-5-2-6-16-32)48-45(47-43)35-20-19-34-28-36(24-21-33(34)27-35)49-39-25-22-29-11-7-9-17-37(29)41(39)42-38-18-10-8-12-30(38)23-26-40(42)49/h1-28,45H,(H,46,47,48). The molecule has 0 saturated carbocycles. The Labute approximate surface area is 283 Å². The van der Waals surface area contributed by atoms with E-state index in [9.17, 15) is 0 Å². The molecule has 4 nitrogen and oxygen atoms in total. The minimum Gasteiger partial charge on any atom is -0.324 e. The van der Waals surface area contributed by atoms with Crippen LogP contribution in [0.3, 0.4) is 0 Å². The van der Waals surface area contributed by atoms with Crippen LogP contribution in [0, 0.1) is 0 Å². The second-order valence-corrected chi connectivity index (χ2v) is 12.7. The Morgan fingerprint density at radius 2 is 0.918 bits per heavy atom. The van der Waals surface area contributed by atoms with Crippen molar-refractivity contribution in [2.45, 2.75) is 6.17 Å². The van der Waals surface area contributed by atoms with E-state index in [-0.39, 0.29) is 6.17 Å². The van der Waals surface area contributed by atoms with Crippen LogP contribution in [-0.2, 0) is 0 Å². The zero-order chi connectivity index (χ0) is 32.3. The third-order valence-corrected chi connectivity index (χ3v) is 9.78. The van der Waals surface area contributed by atoms with Crippen molar-refractivity contribution in [2.24, 2.45) is 9.98 Å². The highest BCUT2D eigenvalue weighted by Gasteiger charge is 2.21. The smallest absolute Gasteiger partial charge is 0.169 e. The van der Waals surface area contributed by atoms with Crippen molar-refractivity contribution in [3.05, 3.63) is 187 Å². The number of hydrogen-bond acceptors (Lipinski definition) is 3. The molecule has 2 heterocycles. The summed E-state index contributed by atoms with van der Waals surface area (Å²) in [4.78, 5) is 10.2. The molecule has 1 aromatic heterocycles. The van der Waals surface area contributed by atoms with Crippen molar-refractivity contribution < 1.29 is 0 Å². The third kappa shape index (κ3) is 4.53. The molecule has 0 fully saturated rings. The van der Waals surface area contributed by atoms with Crippen LogP contribution >= 0.6 is 0 Å². The van der Waals surface area contributed by atoms with Crippen molar-refractivity contribution >= 4 is 65.8 Å². The lowest BCUT2D eigenvalue weighted by atomic mass is 10.00. The molecule has 0 spiro atoms. The van der Waals surface area contributed by atoms with E-state index in [4.69, 9.17) is 9.98 Å². The summed E-state index contributed by atoms with van der Waals surface area (Å²) >= 11 is 0. The van der Waals surface area contributed by atoms with Crippen molar-refractivity contribution in [3.63, 3.8) is 0 Å². The average Bonchev–Trinajstić information content (AvgIpc) is 3.53. The average molecular weight is 627 g/mol. The van der Waals surface area contributed by atoms with Gasteiger partial charge in [0.05, 0.1) is 11.0 Å². The predicted octanol–water partition coefficient (Wildman–Crippen LogP) is 10.7. The van der Waals surface area contributed by atoms with Crippen LogP contribution in [-0.4, -0.2) is 16.2 Å². The van der Waals surface area contributed by atoms with Gasteiger partial charge in [-0.25, -0.2) is 9.98 Å². The van der Waals surface area contributed by atoms with Gasteiger partial charge in [0.25, 0.3) is 0 Å². The van der Waals surface area contributed by atoms with Crippen molar-refractivity contribution in [3.8, 4) is 5.69 Å². The van der Waals surface area contributed by atoms with Gasteiger partial charge in [0.15, 0.2) is 6.17 Å². The molecule has 9 aromatic rings. The fourth-order valence-electron chi connectivity index (χ4n) is 7.46. The molecule has 1 aliphatic heterocycles. The van der Waals surface area contributed by atoms with Gasteiger partial charge in [-0.15, -0.1) is 0 Å². The van der Waals surface area contributed by atoms with Gasteiger partial charge in [0, 0.05) is 27.6 Å². The van der Waals surface area contributed by atoms with Gasteiger partial charge >= 0.3 is 0 Å². The second-order valence-electron chi connectivity index (χ2n) is 12.7. The lowest BCUT2D eigenvalue weighted by Crippen LogP contribution is -2.35. The summed E-state index contributed by atoms with van der Waals surface area (Å²) in [5.74, 6) is 1.64. The highest BCUT2D eigenvalue weighted by molar-refractivity contribution is 6.28. The van der Waals surface area contributed by atoms with Gasteiger partial charge in [-0.2, -0.15) is 0 Å². The zero-order valence-corrected chi connectivity index (χ0v) is 26.6. The maximum absolute atomic E-state index is 5.09. The molecule has 0 aliphatic carbocycles.